The maximum absolute atomic E-state index is 5.84. The summed E-state index contributed by atoms with van der Waals surface area (Å²) < 4.78 is 0. The van der Waals surface area contributed by atoms with Crippen LogP contribution in [0.3, 0.4) is 0 Å². The van der Waals surface area contributed by atoms with Crippen molar-refractivity contribution in [1.29, 1.82) is 0 Å². The molecule has 0 aromatic heterocycles. The number of alkyl halides is 4. The minimum absolute atomic E-state index is 0. The summed E-state index contributed by atoms with van der Waals surface area (Å²) in [7, 11) is 1.95. The van der Waals surface area contributed by atoms with E-state index in [9.17, 15) is 0 Å². The molecule has 0 radical (unpaired) electrons. The molecule has 0 saturated carbocycles. The molecule has 82 valence electrons. The van der Waals surface area contributed by atoms with Crippen molar-refractivity contribution in [2.75, 3.05) is 31.9 Å². The van der Waals surface area contributed by atoms with Crippen molar-refractivity contribution in [1.82, 2.24) is 4.90 Å². The summed E-state index contributed by atoms with van der Waals surface area (Å²) in [5, 5.41) is -0.0354. The molecule has 1 nitrogen and oxygen atoms in total. The lowest BCUT2D eigenvalue weighted by atomic mass is 10.4. The molecule has 2 unspecified atom stereocenters. The Morgan fingerprint density at radius 1 is 1.00 bits per heavy atom. The van der Waals surface area contributed by atoms with Crippen molar-refractivity contribution in [3.8, 4) is 0 Å². The van der Waals surface area contributed by atoms with Gasteiger partial charge in [-0.1, -0.05) is 0 Å². The molecule has 0 aliphatic carbocycles. The van der Waals surface area contributed by atoms with Gasteiger partial charge in [-0.3, -0.25) is 0 Å². The van der Waals surface area contributed by atoms with E-state index in [0.29, 0.717) is 11.8 Å². The molecular weight excluding hydrogens is 275 g/mol. The molecule has 2 atom stereocenters. The predicted molar refractivity (Wildman–Crippen MR) is 65.5 cm³/mol. The Hall–Kier alpha value is 1.41. The highest BCUT2D eigenvalue weighted by atomic mass is 35.5. The molecule has 0 N–H and O–H groups in total. The molecule has 0 rings (SSSR count). The van der Waals surface area contributed by atoms with E-state index < -0.39 is 0 Å². The Kier molecular flexibility index (Phi) is 12.9. The topological polar surface area (TPSA) is 3.24 Å². The zero-order chi connectivity index (χ0) is 9.56. The van der Waals surface area contributed by atoms with Gasteiger partial charge in [-0.05, 0) is 7.05 Å². The Bertz CT molecular complexity index is 101. The maximum Gasteiger partial charge on any atom is 0.0598 e. The van der Waals surface area contributed by atoms with Crippen LogP contribution < -0.4 is 0 Å². The van der Waals surface area contributed by atoms with E-state index in [2.05, 4.69) is 0 Å². The normalized spacial score (nSPS) is 15.2. The zero-order valence-corrected chi connectivity index (χ0v) is 11.2. The number of hydrogen-bond acceptors (Lipinski definition) is 1. The van der Waals surface area contributed by atoms with Gasteiger partial charge in [0.05, 0.1) is 10.8 Å². The molecule has 0 spiro atoms. The van der Waals surface area contributed by atoms with E-state index in [1.54, 1.807) is 0 Å². The number of halogens is 5. The maximum atomic E-state index is 5.84. The highest BCUT2D eigenvalue weighted by Crippen LogP contribution is 2.05. The fourth-order valence-electron chi connectivity index (χ4n) is 0.849. The molecule has 0 fully saturated rings. The van der Waals surface area contributed by atoms with Gasteiger partial charge in [0.25, 0.3) is 0 Å². The van der Waals surface area contributed by atoms with Crippen LogP contribution in [0.15, 0.2) is 0 Å². The number of rotatable bonds is 6. The van der Waals surface area contributed by atoms with Crippen LogP contribution in [0.1, 0.15) is 0 Å². The lowest BCUT2D eigenvalue weighted by molar-refractivity contribution is 0.341. The first-order valence-electron chi connectivity index (χ1n) is 3.68. The highest BCUT2D eigenvalue weighted by molar-refractivity contribution is 6.28. The largest absolute Gasteiger partial charge is 0.303 e. The van der Waals surface area contributed by atoms with Crippen molar-refractivity contribution in [3.05, 3.63) is 0 Å². The summed E-state index contributed by atoms with van der Waals surface area (Å²) >= 11 is 22.8. The Balaban J connectivity index is 0. The molecule has 6 heteroatoms. The van der Waals surface area contributed by atoms with Gasteiger partial charge in [0.1, 0.15) is 0 Å². The molecule has 0 amide bonds. The molecule has 0 aliphatic rings. The first-order chi connectivity index (χ1) is 5.60. The van der Waals surface area contributed by atoms with Crippen molar-refractivity contribution in [3.63, 3.8) is 0 Å². The quantitative estimate of drug-likeness (QED) is 0.679. The number of hydrogen-bond donors (Lipinski definition) is 0. The van der Waals surface area contributed by atoms with E-state index in [1.807, 2.05) is 11.9 Å². The second-order valence-electron chi connectivity index (χ2n) is 2.72. The molecule has 0 heterocycles. The zero-order valence-electron chi connectivity index (χ0n) is 7.35. The molecule has 0 aliphatic heterocycles. The summed E-state index contributed by atoms with van der Waals surface area (Å²) in [6.45, 7) is 1.48. The van der Waals surface area contributed by atoms with Gasteiger partial charge in [0, 0.05) is 24.8 Å². The third kappa shape index (κ3) is 9.71. The minimum Gasteiger partial charge on any atom is -0.303 e. The highest BCUT2D eigenvalue weighted by Gasteiger charge is 2.10. The van der Waals surface area contributed by atoms with Crippen LogP contribution in [0.2, 0.25) is 0 Å². The fraction of sp³-hybridized carbons (Fsp3) is 1.00. The lowest BCUT2D eigenvalue weighted by Crippen LogP contribution is -2.32. The van der Waals surface area contributed by atoms with E-state index in [0.717, 1.165) is 13.1 Å². The average molecular weight is 289 g/mol. The Morgan fingerprint density at radius 3 is 1.54 bits per heavy atom. The lowest BCUT2D eigenvalue weighted by Gasteiger charge is -2.20. The molecular formula is C7H14Cl5N. The summed E-state index contributed by atoms with van der Waals surface area (Å²) in [4.78, 5) is 2.03. The van der Waals surface area contributed by atoms with E-state index in [1.165, 1.54) is 0 Å². The Morgan fingerprint density at radius 2 is 1.31 bits per heavy atom. The SMILES string of the molecule is CN(CC(Cl)CCl)CC(Cl)CCl.Cl. The molecule has 0 aromatic carbocycles. The second kappa shape index (κ2) is 9.95. The van der Waals surface area contributed by atoms with Gasteiger partial charge in [-0.2, -0.15) is 0 Å². The van der Waals surface area contributed by atoms with E-state index >= 15 is 0 Å². The van der Waals surface area contributed by atoms with E-state index in [-0.39, 0.29) is 23.2 Å². The van der Waals surface area contributed by atoms with Crippen LogP contribution in [0, 0.1) is 0 Å². The van der Waals surface area contributed by atoms with Gasteiger partial charge in [-0.25, -0.2) is 0 Å². The summed E-state index contributed by atoms with van der Waals surface area (Å²) in [6.07, 6.45) is 0. The van der Waals surface area contributed by atoms with Crippen LogP contribution in [0.4, 0.5) is 0 Å². The third-order valence-electron chi connectivity index (χ3n) is 1.35. The van der Waals surface area contributed by atoms with Crippen LogP contribution in [0.25, 0.3) is 0 Å². The average Bonchev–Trinajstić information content (AvgIpc) is 2.03. The van der Waals surface area contributed by atoms with Crippen molar-refractivity contribution in [2.45, 2.75) is 10.8 Å². The summed E-state index contributed by atoms with van der Waals surface area (Å²) in [5.74, 6) is 0.916. The molecule has 0 aromatic rings. The predicted octanol–water partition coefficient (Wildman–Crippen LogP) is 3.03. The first kappa shape index (κ1) is 16.8. The monoisotopic (exact) mass is 287 g/mol. The first-order valence-corrected chi connectivity index (χ1v) is 5.63. The van der Waals surface area contributed by atoms with E-state index in [4.69, 9.17) is 46.4 Å². The van der Waals surface area contributed by atoms with Gasteiger partial charge >= 0.3 is 0 Å². The minimum atomic E-state index is -0.0177. The Labute approximate surface area is 106 Å². The van der Waals surface area contributed by atoms with Gasteiger partial charge < -0.3 is 4.90 Å². The van der Waals surface area contributed by atoms with Gasteiger partial charge in [0.15, 0.2) is 0 Å². The van der Waals surface area contributed by atoms with Crippen molar-refractivity contribution >= 4 is 58.8 Å². The third-order valence-corrected chi connectivity index (χ3v) is 3.00. The smallest absolute Gasteiger partial charge is 0.0598 e. The van der Waals surface area contributed by atoms with Crippen molar-refractivity contribution < 1.29 is 0 Å². The molecule has 0 saturated heterocycles. The van der Waals surface area contributed by atoms with Crippen LogP contribution in [-0.2, 0) is 0 Å². The van der Waals surface area contributed by atoms with Crippen LogP contribution in [0.5, 0.6) is 0 Å². The fourth-order valence-corrected chi connectivity index (χ4v) is 1.51. The summed E-state index contributed by atoms with van der Waals surface area (Å²) in [6, 6.07) is 0. The van der Waals surface area contributed by atoms with Gasteiger partial charge in [-0.15, -0.1) is 58.8 Å². The molecule has 0 bridgehead atoms. The molecule has 13 heavy (non-hydrogen) atoms. The second-order valence-corrected chi connectivity index (χ2v) is 4.58. The number of nitrogens with zero attached hydrogens (tertiary/aromatic N) is 1. The van der Waals surface area contributed by atoms with Gasteiger partial charge in [0.2, 0.25) is 0 Å². The standard InChI is InChI=1S/C7H13Cl4N.ClH/c1-12(4-6(10)2-8)5-7(11)3-9;/h6-7H,2-5H2,1H3;1H. The van der Waals surface area contributed by atoms with Crippen molar-refractivity contribution in [2.24, 2.45) is 0 Å². The van der Waals surface area contributed by atoms with Crippen LogP contribution >= 0.6 is 58.8 Å². The van der Waals surface area contributed by atoms with Crippen LogP contribution in [-0.4, -0.2) is 47.6 Å². The summed E-state index contributed by atoms with van der Waals surface area (Å²) in [5.41, 5.74) is 0.